The fourth-order valence-corrected chi connectivity index (χ4v) is 9.38. The normalized spacial score (nSPS) is 11.7. The van der Waals surface area contributed by atoms with E-state index < -0.39 is 0 Å². The van der Waals surface area contributed by atoms with Gasteiger partial charge in [-0.3, -0.25) is 9.59 Å². The van der Waals surface area contributed by atoms with E-state index in [1.54, 1.807) is 0 Å². The molecule has 0 saturated heterocycles. The van der Waals surface area contributed by atoms with Gasteiger partial charge >= 0.3 is 18.0 Å². The van der Waals surface area contributed by atoms with Crippen LogP contribution in [0.15, 0.2) is 0 Å². The molecule has 0 aliphatic rings. The molecule has 0 unspecified atom stereocenters. The first-order valence-electron chi connectivity index (χ1n) is 29.8. The van der Waals surface area contributed by atoms with Gasteiger partial charge in [0.25, 0.3) is 0 Å². The van der Waals surface area contributed by atoms with Crippen LogP contribution in [-0.4, -0.2) is 91.6 Å². The maximum absolute atomic E-state index is 13.8. The zero-order valence-electron chi connectivity index (χ0n) is 46.3. The number of ether oxygens (including phenoxy) is 3. The molecule has 0 rings (SSSR count). The predicted molar refractivity (Wildman–Crippen MR) is 288 cm³/mol. The first kappa shape index (κ1) is 66.1. The molecular formula is C59H116N2O7. The molecule has 0 aromatic heterocycles. The van der Waals surface area contributed by atoms with E-state index in [0.29, 0.717) is 19.4 Å². The Morgan fingerprint density at radius 1 is 0.353 bits per heavy atom. The molecule has 404 valence electrons. The lowest BCUT2D eigenvalue weighted by atomic mass is 10.0. The minimum Gasteiger partial charge on any atom is -0.462 e. The van der Waals surface area contributed by atoms with Gasteiger partial charge in [0.15, 0.2) is 0 Å². The molecule has 0 radical (unpaired) electrons. The molecule has 0 saturated carbocycles. The maximum Gasteiger partial charge on any atom is 0.410 e. The summed E-state index contributed by atoms with van der Waals surface area (Å²) in [6.45, 7) is 11.6. The minimum absolute atomic E-state index is 0.00977. The lowest BCUT2D eigenvalue weighted by Gasteiger charge is -2.26. The van der Waals surface area contributed by atoms with Crippen LogP contribution in [0.5, 0.6) is 0 Å². The number of hydrogen-bond acceptors (Lipinski definition) is 8. The van der Waals surface area contributed by atoms with Gasteiger partial charge in [-0.25, -0.2) is 4.79 Å². The molecule has 0 heterocycles. The van der Waals surface area contributed by atoms with E-state index in [4.69, 9.17) is 19.3 Å². The monoisotopic (exact) mass is 965 g/mol. The second kappa shape index (κ2) is 51.5. The zero-order chi connectivity index (χ0) is 50.0. The Balaban J connectivity index is 5.05. The first-order valence-corrected chi connectivity index (χ1v) is 29.8. The van der Waals surface area contributed by atoms with Crippen LogP contribution in [0.3, 0.4) is 0 Å². The summed E-state index contributed by atoms with van der Waals surface area (Å²) < 4.78 is 18.4. The number of nitrogens with zero attached hydrogens (tertiary/aromatic N) is 2. The fraction of sp³-hybridized carbons (Fsp3) is 0.949. The van der Waals surface area contributed by atoms with Crippen molar-refractivity contribution >= 4 is 18.0 Å². The third-order valence-electron chi connectivity index (χ3n) is 13.8. The smallest absolute Gasteiger partial charge is 0.410 e. The number of amides is 1. The lowest BCUT2D eigenvalue weighted by Crippen LogP contribution is -2.37. The molecule has 1 amide bonds. The van der Waals surface area contributed by atoms with Gasteiger partial charge in [-0.1, -0.05) is 182 Å². The van der Waals surface area contributed by atoms with Gasteiger partial charge < -0.3 is 29.1 Å². The second-order valence-electron chi connectivity index (χ2n) is 20.9. The van der Waals surface area contributed by atoms with E-state index in [0.717, 1.165) is 199 Å². The van der Waals surface area contributed by atoms with Crippen molar-refractivity contribution in [3.63, 3.8) is 0 Å². The Morgan fingerprint density at radius 2 is 0.647 bits per heavy atom. The Bertz CT molecular complexity index is 1010. The highest BCUT2D eigenvalue weighted by Crippen LogP contribution is 2.22. The molecule has 0 aromatic rings. The van der Waals surface area contributed by atoms with E-state index in [-0.39, 0.29) is 43.0 Å². The van der Waals surface area contributed by atoms with Gasteiger partial charge in [-0.2, -0.15) is 0 Å². The molecule has 0 aromatic carbocycles. The van der Waals surface area contributed by atoms with Gasteiger partial charge in [0.05, 0.1) is 0 Å². The van der Waals surface area contributed by atoms with Crippen LogP contribution in [0, 0.1) is 0 Å². The summed E-state index contributed by atoms with van der Waals surface area (Å²) >= 11 is 0. The number of aliphatic hydroxyl groups is 1. The molecule has 1 N–H and O–H groups in total. The number of unbranched alkanes of at least 4 members (excludes halogenated alkanes) is 27. The van der Waals surface area contributed by atoms with Gasteiger partial charge in [-0.05, 0) is 130 Å². The summed E-state index contributed by atoms with van der Waals surface area (Å²) in [4.78, 5) is 43.5. The molecule has 0 fully saturated rings. The van der Waals surface area contributed by atoms with Crippen molar-refractivity contribution in [3.8, 4) is 0 Å². The van der Waals surface area contributed by atoms with Crippen LogP contribution < -0.4 is 0 Å². The maximum atomic E-state index is 13.8. The number of hydrogen-bond donors (Lipinski definition) is 1. The zero-order valence-corrected chi connectivity index (χ0v) is 46.3. The molecule has 9 nitrogen and oxygen atoms in total. The Morgan fingerprint density at radius 3 is 1.00 bits per heavy atom. The second-order valence-corrected chi connectivity index (χ2v) is 20.9. The first-order chi connectivity index (χ1) is 33.2. The van der Waals surface area contributed by atoms with E-state index in [1.807, 2.05) is 4.90 Å². The molecular weight excluding hydrogens is 849 g/mol. The van der Waals surface area contributed by atoms with E-state index in [9.17, 15) is 14.4 Å². The molecule has 9 heteroatoms. The molecule has 0 bridgehead atoms. The Labute approximate surface area is 422 Å². The summed E-state index contributed by atoms with van der Waals surface area (Å²) in [5.41, 5.74) is 0. The van der Waals surface area contributed by atoms with Crippen molar-refractivity contribution in [1.29, 1.82) is 0 Å². The highest BCUT2D eigenvalue weighted by atomic mass is 16.6. The van der Waals surface area contributed by atoms with E-state index in [2.05, 4.69) is 46.7 Å². The molecule has 0 spiro atoms. The van der Waals surface area contributed by atoms with E-state index >= 15 is 0 Å². The largest absolute Gasteiger partial charge is 0.462 e. The number of carbonyl (C=O) groups is 3. The summed E-state index contributed by atoms with van der Waals surface area (Å²) in [5, 5.41) is 9.12. The Hall–Kier alpha value is -1.87. The number of carbonyl (C=O) groups excluding carboxylic acids is 3. The van der Waals surface area contributed by atoms with Crippen molar-refractivity contribution in [2.24, 2.45) is 0 Å². The van der Waals surface area contributed by atoms with Crippen LogP contribution in [0.4, 0.5) is 4.79 Å². The fourth-order valence-electron chi connectivity index (χ4n) is 9.38. The molecule has 0 aliphatic carbocycles. The van der Waals surface area contributed by atoms with Crippen molar-refractivity contribution in [1.82, 2.24) is 9.80 Å². The lowest BCUT2D eigenvalue weighted by molar-refractivity contribution is -0.151. The van der Waals surface area contributed by atoms with Gasteiger partial charge in [0, 0.05) is 32.5 Å². The highest BCUT2D eigenvalue weighted by molar-refractivity contribution is 5.70. The Kier molecular flexibility index (Phi) is 50.1. The quantitative estimate of drug-likeness (QED) is 0.0365. The third kappa shape index (κ3) is 45.3. The van der Waals surface area contributed by atoms with Crippen LogP contribution >= 0.6 is 0 Å². The summed E-state index contributed by atoms with van der Waals surface area (Å²) in [7, 11) is 4.16. The van der Waals surface area contributed by atoms with Crippen LogP contribution in [0.1, 0.15) is 304 Å². The average Bonchev–Trinajstić information content (AvgIpc) is 3.32. The van der Waals surface area contributed by atoms with Crippen molar-refractivity contribution < 1.29 is 33.7 Å². The van der Waals surface area contributed by atoms with Gasteiger partial charge in [0.1, 0.15) is 18.3 Å². The SMILES string of the molecule is CCCCCCC(CCCCCC)OC(=O)CCCCCCCCC(CCCCCCCCC(=O)OC(CCCCCC)CCCCCC)OC(=O)N(CCCCCCCCO)CCCN(C)C. The number of aliphatic hydroxyl groups excluding tert-OH is 1. The summed E-state index contributed by atoms with van der Waals surface area (Å²) in [6, 6.07) is 0. The standard InChI is InChI=1S/C59H116N2O7/c1-7-11-15-31-42-54(43-32-16-12-8-2)66-57(63)48-37-27-21-19-25-35-46-56(68-59(65)61(52-41-50-60(5)6)51-39-29-23-24-30-40-53-62)47-36-26-20-22-28-38-49-58(64)67-55(44-33-17-13-9-3)45-34-18-14-10-4/h54-56,62H,7-53H2,1-6H3. The van der Waals surface area contributed by atoms with Gasteiger partial charge in [0.2, 0.25) is 0 Å². The molecule has 0 atom stereocenters. The molecule has 68 heavy (non-hydrogen) atoms. The highest BCUT2D eigenvalue weighted by Gasteiger charge is 2.21. The van der Waals surface area contributed by atoms with Crippen molar-refractivity contribution in [2.75, 3.05) is 40.3 Å². The number of rotatable bonds is 53. The van der Waals surface area contributed by atoms with Crippen LogP contribution in [0.25, 0.3) is 0 Å². The summed E-state index contributed by atoms with van der Waals surface area (Å²) in [5.74, 6) is -0.0195. The van der Waals surface area contributed by atoms with Crippen molar-refractivity contribution in [2.45, 2.75) is 322 Å². The van der Waals surface area contributed by atoms with Crippen LogP contribution in [0.2, 0.25) is 0 Å². The van der Waals surface area contributed by atoms with Crippen LogP contribution in [-0.2, 0) is 23.8 Å². The topological polar surface area (TPSA) is 106 Å². The number of esters is 2. The average molecular weight is 966 g/mol. The molecule has 0 aliphatic heterocycles. The summed E-state index contributed by atoms with van der Waals surface area (Å²) in [6.07, 6.45) is 46.2. The van der Waals surface area contributed by atoms with Crippen molar-refractivity contribution in [3.05, 3.63) is 0 Å². The van der Waals surface area contributed by atoms with E-state index in [1.165, 1.54) is 77.0 Å². The predicted octanol–water partition coefficient (Wildman–Crippen LogP) is 17.0. The minimum atomic E-state index is -0.152. The van der Waals surface area contributed by atoms with Gasteiger partial charge in [-0.15, -0.1) is 0 Å². The third-order valence-corrected chi connectivity index (χ3v) is 13.8.